The number of ether oxygens (including phenoxy) is 2. The lowest BCUT2D eigenvalue weighted by molar-refractivity contribution is -0.125. The fourth-order valence-corrected chi connectivity index (χ4v) is 3.19. The summed E-state index contributed by atoms with van der Waals surface area (Å²) in [7, 11) is 0. The zero-order valence-corrected chi connectivity index (χ0v) is 18.9. The van der Waals surface area contributed by atoms with Gasteiger partial charge >= 0.3 is 0 Å². The number of nitriles is 1. The maximum atomic E-state index is 12.6. The SMILES string of the molecule is CCOc1cc(/C=C2/C(=O)N(CCC#N)N=C2C)ccc1OCC(=O)Nc1ccc(C)cc1. The minimum atomic E-state index is -0.284. The summed E-state index contributed by atoms with van der Waals surface area (Å²) in [6.45, 7) is 6.07. The normalized spacial score (nSPS) is 14.1. The lowest BCUT2D eigenvalue weighted by Gasteiger charge is -2.13. The molecule has 1 N–H and O–H groups in total. The van der Waals surface area contributed by atoms with Gasteiger partial charge in [0.15, 0.2) is 18.1 Å². The standard InChI is InChI=1S/C25H26N4O4/c1-4-32-23-15-19(14-21-18(3)28-29(25(21)31)13-5-12-26)8-11-22(23)33-16-24(30)27-20-9-6-17(2)7-10-20/h6-11,14-15H,4-5,13,16H2,1-3H3,(H,27,30)/b21-14+. The lowest BCUT2D eigenvalue weighted by Crippen LogP contribution is -2.23. The molecular weight excluding hydrogens is 420 g/mol. The fraction of sp³-hybridized carbons (Fsp3) is 0.280. The van der Waals surface area contributed by atoms with Crippen LogP contribution in [-0.4, -0.2) is 42.3 Å². The molecule has 0 aliphatic carbocycles. The van der Waals surface area contributed by atoms with E-state index in [1.807, 2.05) is 44.2 Å². The van der Waals surface area contributed by atoms with Gasteiger partial charge in [0.1, 0.15) is 0 Å². The number of hydrogen-bond acceptors (Lipinski definition) is 6. The van der Waals surface area contributed by atoms with Crippen molar-refractivity contribution in [1.29, 1.82) is 5.26 Å². The first kappa shape index (κ1) is 23.5. The number of aryl methyl sites for hydroxylation is 1. The molecule has 2 amide bonds. The van der Waals surface area contributed by atoms with Gasteiger partial charge in [-0.05, 0) is 56.7 Å². The van der Waals surface area contributed by atoms with E-state index in [1.165, 1.54) is 5.01 Å². The first-order valence-electron chi connectivity index (χ1n) is 10.6. The Bertz CT molecular complexity index is 1130. The molecule has 0 bridgehead atoms. The summed E-state index contributed by atoms with van der Waals surface area (Å²) < 4.78 is 11.4. The number of hydrogen-bond donors (Lipinski definition) is 1. The third kappa shape index (κ3) is 6.20. The Balaban J connectivity index is 1.70. The summed E-state index contributed by atoms with van der Waals surface area (Å²) in [4.78, 5) is 24.8. The molecule has 0 saturated carbocycles. The molecule has 8 heteroatoms. The van der Waals surface area contributed by atoms with Crippen LogP contribution in [0.2, 0.25) is 0 Å². The molecule has 1 heterocycles. The largest absolute Gasteiger partial charge is 0.490 e. The van der Waals surface area contributed by atoms with Crippen molar-refractivity contribution in [2.45, 2.75) is 27.2 Å². The molecule has 1 aliphatic rings. The Labute approximate surface area is 193 Å². The number of anilines is 1. The molecular formula is C25H26N4O4. The van der Waals surface area contributed by atoms with E-state index in [2.05, 4.69) is 10.4 Å². The molecule has 1 aliphatic heterocycles. The topological polar surface area (TPSA) is 104 Å². The van der Waals surface area contributed by atoms with Gasteiger partial charge in [-0.2, -0.15) is 10.4 Å². The Morgan fingerprint density at radius 1 is 1.15 bits per heavy atom. The molecule has 0 radical (unpaired) electrons. The number of nitrogens with one attached hydrogen (secondary N) is 1. The summed E-state index contributed by atoms with van der Waals surface area (Å²) >= 11 is 0. The van der Waals surface area contributed by atoms with Gasteiger partial charge in [0.05, 0.1) is 36.9 Å². The van der Waals surface area contributed by atoms with Gasteiger partial charge in [-0.15, -0.1) is 0 Å². The quantitative estimate of drug-likeness (QED) is 0.588. The van der Waals surface area contributed by atoms with Crippen LogP contribution in [0.4, 0.5) is 5.69 Å². The molecule has 2 aromatic carbocycles. The average molecular weight is 447 g/mol. The van der Waals surface area contributed by atoms with Crippen molar-refractivity contribution < 1.29 is 19.1 Å². The number of amides is 2. The number of benzene rings is 2. The predicted molar refractivity (Wildman–Crippen MR) is 126 cm³/mol. The van der Waals surface area contributed by atoms with Crippen molar-refractivity contribution in [1.82, 2.24) is 5.01 Å². The molecule has 3 rings (SSSR count). The highest BCUT2D eigenvalue weighted by atomic mass is 16.5. The van der Waals surface area contributed by atoms with E-state index in [4.69, 9.17) is 14.7 Å². The first-order valence-corrected chi connectivity index (χ1v) is 10.6. The zero-order valence-electron chi connectivity index (χ0n) is 18.9. The second kappa shape index (κ2) is 11.0. The third-order valence-electron chi connectivity index (χ3n) is 4.83. The highest BCUT2D eigenvalue weighted by molar-refractivity contribution is 6.26. The minimum absolute atomic E-state index is 0.174. The number of rotatable bonds is 9. The van der Waals surface area contributed by atoms with E-state index in [9.17, 15) is 9.59 Å². The van der Waals surface area contributed by atoms with Crippen LogP contribution in [-0.2, 0) is 9.59 Å². The molecule has 0 fully saturated rings. The summed E-state index contributed by atoms with van der Waals surface area (Å²) in [6, 6.07) is 14.8. The molecule has 170 valence electrons. The van der Waals surface area contributed by atoms with Gasteiger partial charge in [-0.25, -0.2) is 5.01 Å². The number of nitrogens with zero attached hydrogens (tertiary/aromatic N) is 3. The van der Waals surface area contributed by atoms with Crippen molar-refractivity contribution in [2.75, 3.05) is 25.1 Å². The van der Waals surface area contributed by atoms with Crippen LogP contribution in [0.3, 0.4) is 0 Å². The van der Waals surface area contributed by atoms with Crippen molar-refractivity contribution in [2.24, 2.45) is 5.10 Å². The van der Waals surface area contributed by atoms with E-state index in [0.29, 0.717) is 35.1 Å². The lowest BCUT2D eigenvalue weighted by atomic mass is 10.1. The second-order valence-corrected chi connectivity index (χ2v) is 7.42. The van der Waals surface area contributed by atoms with Gasteiger partial charge in [-0.1, -0.05) is 23.8 Å². The first-order chi connectivity index (χ1) is 15.9. The zero-order chi connectivity index (χ0) is 23.8. The summed E-state index contributed by atoms with van der Waals surface area (Å²) in [5.74, 6) is 0.371. The number of carbonyl (C=O) groups excluding carboxylic acids is 2. The van der Waals surface area contributed by atoms with Gasteiger partial charge in [0.25, 0.3) is 11.8 Å². The Morgan fingerprint density at radius 3 is 2.61 bits per heavy atom. The Hall–Kier alpha value is -4.12. The molecule has 33 heavy (non-hydrogen) atoms. The van der Waals surface area contributed by atoms with E-state index in [0.717, 1.165) is 11.1 Å². The molecule has 0 atom stereocenters. The van der Waals surface area contributed by atoms with Gasteiger partial charge in [0.2, 0.25) is 0 Å². The smallest absolute Gasteiger partial charge is 0.275 e. The van der Waals surface area contributed by atoms with Crippen LogP contribution >= 0.6 is 0 Å². The Morgan fingerprint density at radius 2 is 1.91 bits per heavy atom. The summed E-state index contributed by atoms with van der Waals surface area (Å²) in [5.41, 5.74) is 3.58. The van der Waals surface area contributed by atoms with Crippen LogP contribution < -0.4 is 14.8 Å². The van der Waals surface area contributed by atoms with Crippen LogP contribution in [0.1, 0.15) is 31.4 Å². The summed E-state index contributed by atoms with van der Waals surface area (Å²) in [5, 5.41) is 17.1. The van der Waals surface area contributed by atoms with Crippen molar-refractivity contribution in [3.63, 3.8) is 0 Å². The molecule has 0 aromatic heterocycles. The fourth-order valence-electron chi connectivity index (χ4n) is 3.19. The van der Waals surface area contributed by atoms with Crippen LogP contribution in [0.25, 0.3) is 6.08 Å². The molecule has 0 unspecified atom stereocenters. The number of hydrazone groups is 1. The summed E-state index contributed by atoms with van der Waals surface area (Å²) in [6.07, 6.45) is 1.94. The minimum Gasteiger partial charge on any atom is -0.490 e. The highest BCUT2D eigenvalue weighted by Crippen LogP contribution is 2.30. The van der Waals surface area contributed by atoms with E-state index in [-0.39, 0.29) is 31.4 Å². The van der Waals surface area contributed by atoms with Gasteiger partial charge < -0.3 is 14.8 Å². The molecule has 2 aromatic rings. The van der Waals surface area contributed by atoms with Crippen LogP contribution in [0.5, 0.6) is 11.5 Å². The van der Waals surface area contributed by atoms with E-state index < -0.39 is 0 Å². The highest BCUT2D eigenvalue weighted by Gasteiger charge is 2.27. The van der Waals surface area contributed by atoms with Gasteiger partial charge in [-0.3, -0.25) is 9.59 Å². The number of carbonyl (C=O) groups is 2. The van der Waals surface area contributed by atoms with Gasteiger partial charge in [0, 0.05) is 5.69 Å². The van der Waals surface area contributed by atoms with Crippen molar-refractivity contribution in [3.05, 3.63) is 59.2 Å². The monoisotopic (exact) mass is 446 g/mol. The maximum absolute atomic E-state index is 12.6. The molecule has 8 nitrogen and oxygen atoms in total. The van der Waals surface area contributed by atoms with Crippen LogP contribution in [0, 0.1) is 18.3 Å². The Kier molecular flexibility index (Phi) is 7.82. The maximum Gasteiger partial charge on any atom is 0.275 e. The van der Waals surface area contributed by atoms with E-state index >= 15 is 0 Å². The van der Waals surface area contributed by atoms with Crippen molar-refractivity contribution in [3.8, 4) is 17.6 Å². The van der Waals surface area contributed by atoms with Crippen molar-refractivity contribution >= 4 is 29.3 Å². The van der Waals surface area contributed by atoms with Crippen LogP contribution in [0.15, 0.2) is 53.1 Å². The predicted octanol–water partition coefficient (Wildman–Crippen LogP) is 3.93. The second-order valence-electron chi connectivity index (χ2n) is 7.42. The molecule has 0 saturated heterocycles. The molecule has 0 spiro atoms. The average Bonchev–Trinajstić information content (AvgIpc) is 3.06. The third-order valence-corrected chi connectivity index (χ3v) is 4.83. The van der Waals surface area contributed by atoms with E-state index in [1.54, 1.807) is 31.2 Å².